The summed E-state index contributed by atoms with van der Waals surface area (Å²) < 4.78 is 12.5. The van der Waals surface area contributed by atoms with Crippen molar-refractivity contribution in [1.29, 1.82) is 0 Å². The van der Waals surface area contributed by atoms with Crippen LogP contribution in [0.25, 0.3) is 91.9 Å². The summed E-state index contributed by atoms with van der Waals surface area (Å²) in [6.45, 7) is 18.6. The van der Waals surface area contributed by atoms with E-state index in [9.17, 15) is 0 Å². The molecule has 3 aliphatic rings. The van der Waals surface area contributed by atoms with E-state index >= 15 is 0 Å². The number of hydrogen-bond donors (Lipinski definition) is 0. The van der Waals surface area contributed by atoms with E-state index < -0.39 is 0 Å². The predicted molar refractivity (Wildman–Crippen MR) is 275 cm³/mol. The number of fused-ring (bicyclic) bond motifs is 19. The number of nitrogens with zero attached hydrogens (tertiary/aromatic N) is 2. The molecule has 8 aromatic carbocycles. The molecule has 1 aliphatic carbocycles. The Bertz CT molecular complexity index is 3900. The number of furan rings is 1. The standard InChI is InChI=1S/C59H47BN2OS/c1-57(2,3)32-21-24-34(25-22-32)62-46-29-39-36-16-11-14-20-49(36)64-50(39)30-41(46)51-52-37-17-10-13-19-48(37)63-56(52)53-40-27-33(58(4,5)6)23-26-45(40)61-47-28-38-35-15-9-12-18-42(35)59(7,8)43(38)31-44(47)60(62)54(51)55(53)61/h9-31H,1-8H3. The summed E-state index contributed by atoms with van der Waals surface area (Å²) >= 11 is 1.90. The molecule has 0 saturated carbocycles. The highest BCUT2D eigenvalue weighted by Gasteiger charge is 2.48. The van der Waals surface area contributed by atoms with Gasteiger partial charge in [-0.25, -0.2) is 0 Å². The Hall–Kier alpha value is -6.56. The van der Waals surface area contributed by atoms with Crippen LogP contribution in [0.3, 0.4) is 0 Å². The lowest BCUT2D eigenvalue weighted by atomic mass is 9.43. The van der Waals surface area contributed by atoms with Gasteiger partial charge in [-0.1, -0.05) is 140 Å². The zero-order valence-electron chi connectivity index (χ0n) is 37.6. The van der Waals surface area contributed by atoms with E-state index in [1.165, 1.54) is 125 Å². The molecular formula is C59H47BN2OS. The second-order valence-corrected chi connectivity index (χ2v) is 22.4. The molecule has 0 bridgehead atoms. The lowest BCUT2D eigenvalue weighted by Crippen LogP contribution is -2.60. The van der Waals surface area contributed by atoms with Crippen molar-refractivity contribution in [2.75, 3.05) is 4.81 Å². The van der Waals surface area contributed by atoms with Gasteiger partial charge in [0.15, 0.2) is 0 Å². The molecule has 0 saturated heterocycles. The first-order valence-corrected chi connectivity index (χ1v) is 23.7. The third-order valence-corrected chi connectivity index (χ3v) is 16.4. The second kappa shape index (κ2) is 12.0. The van der Waals surface area contributed by atoms with Crippen LogP contribution in [0.2, 0.25) is 0 Å². The third kappa shape index (κ3) is 4.58. The van der Waals surface area contributed by atoms with E-state index in [4.69, 9.17) is 4.42 Å². The minimum absolute atomic E-state index is 0.0260. The zero-order valence-corrected chi connectivity index (χ0v) is 38.4. The lowest BCUT2D eigenvalue weighted by molar-refractivity contribution is 0.590. The van der Waals surface area contributed by atoms with Crippen molar-refractivity contribution in [2.45, 2.75) is 71.6 Å². The molecule has 0 fully saturated rings. The highest BCUT2D eigenvalue weighted by atomic mass is 32.1. The first-order valence-electron chi connectivity index (χ1n) is 22.9. The van der Waals surface area contributed by atoms with Gasteiger partial charge >= 0.3 is 6.85 Å². The van der Waals surface area contributed by atoms with Crippen LogP contribution >= 0.6 is 11.3 Å². The van der Waals surface area contributed by atoms with Crippen molar-refractivity contribution in [2.24, 2.45) is 0 Å². The van der Waals surface area contributed by atoms with Crippen LogP contribution in [0.4, 0.5) is 11.4 Å². The van der Waals surface area contributed by atoms with Crippen LogP contribution < -0.4 is 15.7 Å². The minimum atomic E-state index is -0.169. The fourth-order valence-corrected chi connectivity index (χ4v) is 13.2. The summed E-state index contributed by atoms with van der Waals surface area (Å²) in [5.74, 6) is 0. The number of rotatable bonds is 1. The first kappa shape index (κ1) is 36.9. The predicted octanol–water partition coefficient (Wildman–Crippen LogP) is 15.2. The highest BCUT2D eigenvalue weighted by molar-refractivity contribution is 7.25. The van der Waals surface area contributed by atoms with Gasteiger partial charge in [0.05, 0.1) is 16.4 Å². The van der Waals surface area contributed by atoms with Crippen LogP contribution in [0.5, 0.6) is 0 Å². The summed E-state index contributed by atoms with van der Waals surface area (Å²) in [6.07, 6.45) is 0. The topological polar surface area (TPSA) is 21.3 Å². The molecule has 3 nitrogen and oxygen atoms in total. The van der Waals surface area contributed by atoms with Crippen molar-refractivity contribution in [3.63, 3.8) is 0 Å². The summed E-state index contributed by atoms with van der Waals surface area (Å²) in [5, 5.41) is 7.44. The van der Waals surface area contributed by atoms with Crippen LogP contribution in [0.1, 0.15) is 77.6 Å². The van der Waals surface area contributed by atoms with Crippen molar-refractivity contribution in [3.8, 4) is 27.9 Å². The molecule has 14 rings (SSSR count). The van der Waals surface area contributed by atoms with E-state index in [2.05, 4.69) is 204 Å². The summed E-state index contributed by atoms with van der Waals surface area (Å²) in [4.78, 5) is 2.71. The van der Waals surface area contributed by atoms with E-state index in [0.717, 1.165) is 11.2 Å². The third-order valence-electron chi connectivity index (χ3n) is 15.3. The number of para-hydroxylation sites is 1. The molecule has 64 heavy (non-hydrogen) atoms. The normalized spacial score (nSPS) is 14.9. The van der Waals surface area contributed by atoms with E-state index in [-0.39, 0.29) is 23.1 Å². The van der Waals surface area contributed by atoms with Crippen molar-refractivity contribution < 1.29 is 4.42 Å². The summed E-state index contributed by atoms with van der Waals surface area (Å²) in [5.41, 5.74) is 21.2. The molecule has 2 aliphatic heterocycles. The van der Waals surface area contributed by atoms with Gasteiger partial charge < -0.3 is 13.8 Å². The Morgan fingerprint density at radius 2 is 1.28 bits per heavy atom. The van der Waals surface area contributed by atoms with E-state index in [0.29, 0.717) is 0 Å². The van der Waals surface area contributed by atoms with Gasteiger partial charge in [-0.2, -0.15) is 0 Å². The molecule has 0 N–H and O–H groups in total. The van der Waals surface area contributed by atoms with E-state index in [1.54, 1.807) is 0 Å². The smallest absolute Gasteiger partial charge is 0.333 e. The average molecular weight is 843 g/mol. The molecule has 0 atom stereocenters. The molecule has 5 heteroatoms. The molecule has 0 spiro atoms. The number of anilines is 2. The number of hydrogen-bond acceptors (Lipinski definition) is 3. The molecule has 308 valence electrons. The van der Waals surface area contributed by atoms with Gasteiger partial charge in [0, 0.05) is 64.4 Å². The van der Waals surface area contributed by atoms with E-state index in [1.807, 2.05) is 11.3 Å². The largest absolute Gasteiger partial charge is 0.455 e. The van der Waals surface area contributed by atoms with Crippen LogP contribution in [-0.4, -0.2) is 11.4 Å². The maximum atomic E-state index is 7.26. The fraction of sp³-hybridized carbons (Fsp3) is 0.186. The van der Waals surface area contributed by atoms with Gasteiger partial charge in [-0.05, 0) is 115 Å². The van der Waals surface area contributed by atoms with Gasteiger partial charge in [-0.15, -0.1) is 11.3 Å². The zero-order chi connectivity index (χ0) is 43.3. The SMILES string of the molecule is CC(C)(C)c1ccc(N2B3c4cc5c(cc4-n4c6ccc(C(C)(C)C)cc6c6c7oc8ccccc8c7c(c3c64)-c3cc4sc6ccccc6c4cc32)-c2ccccc2C5(C)C)cc1. The van der Waals surface area contributed by atoms with Gasteiger partial charge in [-0.3, -0.25) is 0 Å². The van der Waals surface area contributed by atoms with Gasteiger partial charge in [0.25, 0.3) is 0 Å². The lowest BCUT2D eigenvalue weighted by Gasteiger charge is -2.42. The average Bonchev–Trinajstić information content (AvgIpc) is 4.01. The molecule has 0 amide bonds. The minimum Gasteiger partial charge on any atom is -0.455 e. The van der Waals surface area contributed by atoms with Crippen LogP contribution in [-0.2, 0) is 16.2 Å². The Labute approximate surface area is 377 Å². The Kier molecular flexibility index (Phi) is 6.89. The second-order valence-electron chi connectivity index (χ2n) is 21.3. The van der Waals surface area contributed by atoms with Crippen molar-refractivity contribution in [1.82, 2.24) is 4.57 Å². The Balaban J connectivity index is 1.23. The Morgan fingerprint density at radius 3 is 2.08 bits per heavy atom. The molecule has 5 heterocycles. The molecule has 3 aromatic heterocycles. The summed E-state index contributed by atoms with van der Waals surface area (Å²) in [7, 11) is 0. The van der Waals surface area contributed by atoms with Gasteiger partial charge in [0.2, 0.25) is 0 Å². The maximum absolute atomic E-state index is 7.26. The quantitative estimate of drug-likeness (QED) is 0.154. The van der Waals surface area contributed by atoms with Crippen molar-refractivity contribution >= 4 is 104 Å². The highest BCUT2D eigenvalue weighted by Crippen LogP contribution is 2.55. The van der Waals surface area contributed by atoms with Crippen LogP contribution in [0, 0.1) is 0 Å². The molecule has 0 radical (unpaired) electrons. The number of thiophene rings is 1. The fourth-order valence-electron chi connectivity index (χ4n) is 12.1. The van der Waals surface area contributed by atoms with Crippen molar-refractivity contribution in [3.05, 3.63) is 162 Å². The van der Waals surface area contributed by atoms with Gasteiger partial charge in [0.1, 0.15) is 11.2 Å². The number of benzene rings is 8. The Morgan fingerprint density at radius 1 is 0.562 bits per heavy atom. The number of aromatic nitrogens is 1. The monoisotopic (exact) mass is 842 g/mol. The first-order chi connectivity index (χ1) is 30.8. The maximum Gasteiger partial charge on any atom is 0.333 e. The molecular weight excluding hydrogens is 796 g/mol. The molecule has 0 unspecified atom stereocenters. The summed E-state index contributed by atoms with van der Waals surface area (Å²) in [6, 6.07) is 53.7. The van der Waals surface area contributed by atoms with Crippen LogP contribution in [0.15, 0.2) is 144 Å². The molecule has 11 aromatic rings.